The average molecular weight is 522 g/mol. The number of rotatable bonds is 3. The second kappa shape index (κ2) is 7.12. The lowest BCUT2D eigenvalue weighted by Gasteiger charge is -2.57. The highest BCUT2D eigenvalue weighted by Gasteiger charge is 2.73. The van der Waals surface area contributed by atoms with Crippen molar-refractivity contribution in [3.63, 3.8) is 0 Å². The van der Waals surface area contributed by atoms with Gasteiger partial charge >= 0.3 is 5.97 Å². The summed E-state index contributed by atoms with van der Waals surface area (Å²) >= 11 is 3.38. The summed E-state index contributed by atoms with van der Waals surface area (Å²) in [6.07, 6.45) is 2.43. The Balaban J connectivity index is 1.56. The smallest absolute Gasteiger partial charge is 0.306 e. The van der Waals surface area contributed by atoms with Crippen LogP contribution >= 0.6 is 15.9 Å². The molecule has 4 atom stereocenters. The minimum Gasteiger partial charge on any atom is -0.481 e. The van der Waals surface area contributed by atoms with Crippen LogP contribution in [0.2, 0.25) is 0 Å². The maximum Gasteiger partial charge on any atom is 0.306 e. The highest BCUT2D eigenvalue weighted by Crippen LogP contribution is 2.65. The number of ketones is 1. The summed E-state index contributed by atoms with van der Waals surface area (Å²) in [5.41, 5.74) is -1.03. The first-order valence-electron chi connectivity index (χ1n) is 11.1. The third-order valence-electron chi connectivity index (χ3n) is 7.73. The standard InChI is InChI=1S/C26H20BrNO6/c1-33-19(29)13-25-10-11-26(17(12-25)22(30)16-4-2-3-5-18(16)34-26)21-20(25)23(31)28(24(21)32)15-8-6-14(27)7-9-15/h2-9,12,20-21H,10-11,13H2,1H3/t20-,21+,25+,26+/m0/s1. The number of hydrogen-bond donors (Lipinski definition) is 0. The number of carbonyl (C=O) groups excluding carboxylic acids is 4. The van der Waals surface area contributed by atoms with Gasteiger partial charge in [0.15, 0.2) is 5.78 Å². The predicted octanol–water partition coefficient (Wildman–Crippen LogP) is 3.85. The van der Waals surface area contributed by atoms with E-state index in [4.69, 9.17) is 9.47 Å². The van der Waals surface area contributed by atoms with E-state index in [2.05, 4.69) is 15.9 Å². The quantitative estimate of drug-likeness (QED) is 0.450. The van der Waals surface area contributed by atoms with Gasteiger partial charge < -0.3 is 9.47 Å². The number of para-hydroxylation sites is 1. The highest BCUT2D eigenvalue weighted by molar-refractivity contribution is 9.10. The van der Waals surface area contributed by atoms with Gasteiger partial charge in [0.25, 0.3) is 0 Å². The Hall–Kier alpha value is -3.26. The van der Waals surface area contributed by atoms with E-state index in [0.29, 0.717) is 35.4 Å². The summed E-state index contributed by atoms with van der Waals surface area (Å²) in [4.78, 5) is 55.1. The Morgan fingerprint density at radius 1 is 1.06 bits per heavy atom. The Labute approximate surface area is 203 Å². The number of esters is 1. The molecule has 1 spiro atoms. The number of hydrogen-bond acceptors (Lipinski definition) is 6. The fourth-order valence-corrected chi connectivity index (χ4v) is 6.53. The first kappa shape index (κ1) is 21.3. The van der Waals surface area contributed by atoms with E-state index in [1.807, 2.05) is 0 Å². The third-order valence-corrected chi connectivity index (χ3v) is 8.26. The fourth-order valence-electron chi connectivity index (χ4n) is 6.27. The van der Waals surface area contributed by atoms with Crippen LogP contribution in [0, 0.1) is 17.3 Å². The minimum absolute atomic E-state index is 0.0909. The number of halogens is 1. The van der Waals surface area contributed by atoms with Crippen LogP contribution in [0.3, 0.4) is 0 Å². The molecular formula is C26H20BrNO6. The molecule has 2 aliphatic heterocycles. The number of Topliss-reactive ketones (excluding diaryl/α,β-unsaturated/α-hetero) is 1. The molecular weight excluding hydrogens is 502 g/mol. The minimum atomic E-state index is -1.25. The Kier molecular flexibility index (Phi) is 4.46. The molecule has 0 aromatic heterocycles. The molecule has 3 aliphatic carbocycles. The molecule has 8 heteroatoms. The lowest BCUT2D eigenvalue weighted by Crippen LogP contribution is -2.64. The van der Waals surface area contributed by atoms with Gasteiger partial charge in [-0.3, -0.25) is 19.2 Å². The fraction of sp³-hybridized carbons (Fsp3) is 0.308. The summed E-state index contributed by atoms with van der Waals surface area (Å²) in [5.74, 6) is -2.85. The van der Waals surface area contributed by atoms with Crippen molar-refractivity contribution < 1.29 is 28.7 Å². The molecule has 2 bridgehead atoms. The number of allylic oxidation sites excluding steroid dienone is 1. The molecule has 1 saturated heterocycles. The molecule has 0 unspecified atom stereocenters. The largest absolute Gasteiger partial charge is 0.481 e. The van der Waals surface area contributed by atoms with Gasteiger partial charge in [0.05, 0.1) is 36.6 Å². The van der Waals surface area contributed by atoms with Gasteiger partial charge in [-0.05, 0) is 49.2 Å². The maximum absolute atomic E-state index is 13.9. The zero-order chi connectivity index (χ0) is 23.8. The summed E-state index contributed by atoms with van der Waals surface area (Å²) < 4.78 is 12.2. The number of benzene rings is 2. The second-order valence-corrected chi connectivity index (χ2v) is 10.2. The second-order valence-electron chi connectivity index (χ2n) is 9.30. The molecule has 2 aromatic carbocycles. The molecule has 172 valence electrons. The van der Waals surface area contributed by atoms with Crippen LogP contribution in [-0.2, 0) is 19.1 Å². The zero-order valence-electron chi connectivity index (χ0n) is 18.2. The molecule has 1 saturated carbocycles. The van der Waals surface area contributed by atoms with E-state index in [1.54, 1.807) is 54.6 Å². The Morgan fingerprint density at radius 2 is 1.76 bits per heavy atom. The number of carbonyl (C=O) groups is 4. The third kappa shape index (κ3) is 2.63. The molecule has 7 nitrogen and oxygen atoms in total. The van der Waals surface area contributed by atoms with Crippen LogP contribution in [-0.4, -0.2) is 36.3 Å². The van der Waals surface area contributed by atoms with Gasteiger partial charge in [-0.1, -0.05) is 34.1 Å². The molecule has 7 rings (SSSR count). The van der Waals surface area contributed by atoms with E-state index in [1.165, 1.54) is 12.0 Å². The molecule has 34 heavy (non-hydrogen) atoms. The first-order valence-corrected chi connectivity index (χ1v) is 11.9. The first-order chi connectivity index (χ1) is 16.3. The van der Waals surface area contributed by atoms with Crippen molar-refractivity contribution in [1.82, 2.24) is 0 Å². The van der Waals surface area contributed by atoms with Crippen LogP contribution < -0.4 is 9.64 Å². The van der Waals surface area contributed by atoms with Gasteiger partial charge in [-0.2, -0.15) is 0 Å². The van der Waals surface area contributed by atoms with Gasteiger partial charge in [0.1, 0.15) is 11.4 Å². The van der Waals surface area contributed by atoms with Crippen molar-refractivity contribution in [1.29, 1.82) is 0 Å². The van der Waals surface area contributed by atoms with Gasteiger partial charge in [-0.25, -0.2) is 4.90 Å². The van der Waals surface area contributed by atoms with Crippen LogP contribution in [0.15, 0.2) is 64.7 Å². The zero-order valence-corrected chi connectivity index (χ0v) is 19.8. The number of nitrogens with zero attached hydrogens (tertiary/aromatic N) is 1. The van der Waals surface area contributed by atoms with E-state index < -0.39 is 34.7 Å². The van der Waals surface area contributed by atoms with Crippen LogP contribution in [0.25, 0.3) is 0 Å². The number of ether oxygens (including phenoxy) is 2. The van der Waals surface area contributed by atoms with Crippen molar-refractivity contribution in [3.8, 4) is 5.75 Å². The van der Waals surface area contributed by atoms with Crippen LogP contribution in [0.1, 0.15) is 29.6 Å². The highest BCUT2D eigenvalue weighted by atomic mass is 79.9. The predicted molar refractivity (Wildman–Crippen MR) is 124 cm³/mol. The summed E-state index contributed by atoms with van der Waals surface area (Å²) in [7, 11) is 1.29. The van der Waals surface area contributed by atoms with Crippen molar-refractivity contribution in [2.45, 2.75) is 24.9 Å². The van der Waals surface area contributed by atoms with Crippen molar-refractivity contribution in [2.24, 2.45) is 17.3 Å². The molecule has 2 amide bonds. The lowest BCUT2D eigenvalue weighted by atomic mass is 9.48. The van der Waals surface area contributed by atoms with E-state index >= 15 is 0 Å². The van der Waals surface area contributed by atoms with Crippen LogP contribution in [0.5, 0.6) is 5.75 Å². The molecule has 5 aliphatic rings. The molecule has 2 heterocycles. The lowest BCUT2D eigenvalue weighted by molar-refractivity contribution is -0.154. The van der Waals surface area contributed by atoms with Crippen LogP contribution in [0.4, 0.5) is 5.69 Å². The van der Waals surface area contributed by atoms with E-state index in [0.717, 1.165) is 4.47 Å². The average Bonchev–Trinajstić information content (AvgIpc) is 3.12. The normalized spacial score (nSPS) is 30.8. The summed E-state index contributed by atoms with van der Waals surface area (Å²) in [6.45, 7) is 0. The number of methoxy groups -OCH3 is 1. The topological polar surface area (TPSA) is 90.0 Å². The molecule has 0 N–H and O–H groups in total. The number of anilines is 1. The summed E-state index contributed by atoms with van der Waals surface area (Å²) in [5, 5.41) is 0. The molecule has 2 aromatic rings. The molecule has 0 radical (unpaired) electrons. The van der Waals surface area contributed by atoms with Gasteiger partial charge in [-0.15, -0.1) is 0 Å². The number of imide groups is 1. The number of amides is 2. The Morgan fingerprint density at radius 3 is 2.50 bits per heavy atom. The van der Waals surface area contributed by atoms with Crippen molar-refractivity contribution >= 4 is 45.2 Å². The van der Waals surface area contributed by atoms with Gasteiger partial charge in [0.2, 0.25) is 11.8 Å². The van der Waals surface area contributed by atoms with Crippen molar-refractivity contribution in [3.05, 3.63) is 70.2 Å². The van der Waals surface area contributed by atoms with E-state index in [-0.39, 0.29) is 18.1 Å². The SMILES string of the molecule is COC(=O)C[C@]12C=C3C(=O)c4ccccc4O[C@@]3(CC1)[C@H]1C(=O)N(c3ccc(Br)cc3)C(=O)[C@H]12. The maximum atomic E-state index is 13.9. The van der Waals surface area contributed by atoms with Crippen molar-refractivity contribution in [2.75, 3.05) is 12.0 Å². The molecule has 2 fully saturated rings. The van der Waals surface area contributed by atoms with Gasteiger partial charge in [0, 0.05) is 15.5 Å². The number of fused-ring (bicyclic) bond motifs is 2. The Bertz CT molecular complexity index is 1320. The monoisotopic (exact) mass is 521 g/mol. The summed E-state index contributed by atoms with van der Waals surface area (Å²) in [6, 6.07) is 13.8. The van der Waals surface area contributed by atoms with E-state index in [9.17, 15) is 19.2 Å².